The van der Waals surface area contributed by atoms with E-state index in [1.807, 2.05) is 42.8 Å². The maximum absolute atomic E-state index is 13.3. The molecule has 0 aliphatic heterocycles. The van der Waals surface area contributed by atoms with Crippen molar-refractivity contribution in [3.63, 3.8) is 0 Å². The Bertz CT molecular complexity index is 1800. The smallest absolute Gasteiger partial charge is 0.270 e. The number of H-pyrrole nitrogens is 1. The number of aryl methyl sites for hydroxylation is 3. The first-order chi connectivity index (χ1) is 17.6. The number of rotatable bonds is 5. The molecule has 0 fully saturated rings. The average molecular weight is 515 g/mol. The van der Waals surface area contributed by atoms with Gasteiger partial charge in [-0.05, 0) is 67.3 Å². The fraction of sp³-hybridized carbons (Fsp3) is 0.148. The van der Waals surface area contributed by atoms with Gasteiger partial charge in [-0.3, -0.25) is 14.9 Å². The summed E-state index contributed by atoms with van der Waals surface area (Å²) >= 11 is 6.39. The highest BCUT2D eigenvalue weighted by Gasteiger charge is 2.17. The summed E-state index contributed by atoms with van der Waals surface area (Å²) < 4.78 is 1.81. The molecule has 0 bridgehead atoms. The molecule has 0 radical (unpaired) electrons. The molecule has 0 atom stereocenters. The van der Waals surface area contributed by atoms with Crippen molar-refractivity contribution in [2.75, 3.05) is 5.32 Å². The first kappa shape index (κ1) is 24.2. The largest absolute Gasteiger partial charge is 0.324 e. The Hall–Kier alpha value is -4.50. The SMILES string of the molecule is C/C(=C\c1cc(C)cc([N+](=O)[O-])c1)c1nc2ccc3nc(Nc4c(C)cccc4Cl)n(C)c3c2c(=O)[nH]1. The maximum atomic E-state index is 13.3. The number of fused-ring (bicyclic) bond motifs is 3. The lowest BCUT2D eigenvalue weighted by Gasteiger charge is -2.11. The summed E-state index contributed by atoms with van der Waals surface area (Å²) in [5.41, 5.74) is 5.29. The molecule has 10 heteroatoms. The zero-order valence-corrected chi connectivity index (χ0v) is 21.3. The predicted molar refractivity (Wildman–Crippen MR) is 147 cm³/mol. The number of allylic oxidation sites excluding steroid dienone is 1. The number of non-ortho nitro benzene ring substituents is 1. The van der Waals surface area contributed by atoms with Crippen molar-refractivity contribution in [1.29, 1.82) is 0 Å². The molecule has 186 valence electrons. The minimum absolute atomic E-state index is 0.00834. The molecule has 9 nitrogen and oxygen atoms in total. The Balaban J connectivity index is 1.60. The van der Waals surface area contributed by atoms with Crippen molar-refractivity contribution in [2.24, 2.45) is 7.05 Å². The van der Waals surface area contributed by atoms with E-state index in [1.165, 1.54) is 12.1 Å². The summed E-state index contributed by atoms with van der Waals surface area (Å²) in [6.45, 7) is 5.55. The number of nitro groups is 1. The summed E-state index contributed by atoms with van der Waals surface area (Å²) in [5.74, 6) is 0.924. The molecule has 2 heterocycles. The van der Waals surface area contributed by atoms with Gasteiger partial charge in [0.2, 0.25) is 5.95 Å². The first-order valence-corrected chi connectivity index (χ1v) is 11.9. The molecule has 0 unspecified atom stereocenters. The van der Waals surface area contributed by atoms with E-state index in [1.54, 1.807) is 32.1 Å². The van der Waals surface area contributed by atoms with Gasteiger partial charge < -0.3 is 14.9 Å². The molecule has 0 aliphatic rings. The third-order valence-corrected chi connectivity index (χ3v) is 6.53. The van der Waals surface area contributed by atoms with Crippen LogP contribution in [0.4, 0.5) is 17.3 Å². The van der Waals surface area contributed by atoms with Crippen LogP contribution in [0.5, 0.6) is 0 Å². The monoisotopic (exact) mass is 514 g/mol. The molecule has 0 amide bonds. The summed E-state index contributed by atoms with van der Waals surface area (Å²) in [6, 6.07) is 14.1. The number of hydrogen-bond acceptors (Lipinski definition) is 6. The normalized spacial score (nSPS) is 11.9. The maximum Gasteiger partial charge on any atom is 0.270 e. The van der Waals surface area contributed by atoms with E-state index in [0.717, 1.165) is 16.8 Å². The van der Waals surface area contributed by atoms with Gasteiger partial charge in [0.25, 0.3) is 11.2 Å². The highest BCUT2D eigenvalue weighted by Crippen LogP contribution is 2.31. The lowest BCUT2D eigenvalue weighted by Crippen LogP contribution is -2.12. The van der Waals surface area contributed by atoms with Crippen molar-refractivity contribution in [1.82, 2.24) is 19.5 Å². The number of aromatic amines is 1. The van der Waals surface area contributed by atoms with Gasteiger partial charge in [0.1, 0.15) is 5.82 Å². The van der Waals surface area contributed by atoms with Crippen LogP contribution < -0.4 is 10.9 Å². The molecule has 37 heavy (non-hydrogen) atoms. The second-order valence-corrected chi connectivity index (χ2v) is 9.39. The molecule has 3 aromatic carbocycles. The van der Waals surface area contributed by atoms with E-state index in [2.05, 4.69) is 20.3 Å². The highest BCUT2D eigenvalue weighted by molar-refractivity contribution is 6.33. The van der Waals surface area contributed by atoms with Crippen LogP contribution >= 0.6 is 11.6 Å². The number of para-hydroxylation sites is 1. The lowest BCUT2D eigenvalue weighted by atomic mass is 10.1. The Morgan fingerprint density at radius 2 is 1.89 bits per heavy atom. The molecule has 2 aromatic heterocycles. The number of hydrogen-bond donors (Lipinski definition) is 2. The Morgan fingerprint density at radius 1 is 1.14 bits per heavy atom. The second-order valence-electron chi connectivity index (χ2n) is 8.98. The Labute approximate surface area is 216 Å². The van der Waals surface area contributed by atoms with Gasteiger partial charge >= 0.3 is 0 Å². The number of halogens is 1. The Kier molecular flexibility index (Phi) is 6.01. The summed E-state index contributed by atoms with van der Waals surface area (Å²) in [6.07, 6.45) is 1.76. The molecule has 0 saturated carbocycles. The first-order valence-electron chi connectivity index (χ1n) is 11.5. The predicted octanol–water partition coefficient (Wildman–Crippen LogP) is 6.29. The number of anilines is 2. The fourth-order valence-corrected chi connectivity index (χ4v) is 4.70. The van der Waals surface area contributed by atoms with Gasteiger partial charge in [-0.1, -0.05) is 29.8 Å². The molecule has 2 N–H and O–H groups in total. The molecular formula is C27H23ClN6O3. The van der Waals surface area contributed by atoms with Crippen molar-refractivity contribution in [3.8, 4) is 0 Å². The number of benzene rings is 3. The van der Waals surface area contributed by atoms with Crippen LogP contribution in [0.25, 0.3) is 33.6 Å². The topological polar surface area (TPSA) is 119 Å². The number of aromatic nitrogens is 4. The van der Waals surface area contributed by atoms with E-state index in [0.29, 0.717) is 49.9 Å². The molecule has 5 rings (SSSR count). The zero-order valence-electron chi connectivity index (χ0n) is 20.6. The van der Waals surface area contributed by atoms with Crippen molar-refractivity contribution < 1.29 is 4.92 Å². The lowest BCUT2D eigenvalue weighted by molar-refractivity contribution is -0.384. The van der Waals surface area contributed by atoms with Gasteiger partial charge in [0.05, 0.1) is 37.6 Å². The third kappa shape index (κ3) is 4.45. The number of imidazole rings is 1. The summed E-state index contributed by atoms with van der Waals surface area (Å²) in [7, 11) is 1.83. The van der Waals surface area contributed by atoms with Crippen LogP contribution in [0, 0.1) is 24.0 Å². The molecule has 5 aromatic rings. The van der Waals surface area contributed by atoms with Crippen LogP contribution in [0.3, 0.4) is 0 Å². The zero-order chi connectivity index (χ0) is 26.4. The van der Waals surface area contributed by atoms with Crippen LogP contribution in [-0.2, 0) is 7.05 Å². The standard InChI is InChI=1S/C27H23ClN6O3/c1-14-10-17(13-18(11-14)34(36)37)12-16(3)25-29-20-8-9-21-24(22(20)26(35)32-25)33(4)27(30-21)31-23-15(2)6-5-7-19(23)28/h5-13H,1-4H3,(H,30,31)(H,29,32,35)/b16-12+. The third-order valence-electron chi connectivity index (χ3n) is 6.22. The van der Waals surface area contributed by atoms with E-state index < -0.39 is 4.92 Å². The van der Waals surface area contributed by atoms with Gasteiger partial charge in [0.15, 0.2) is 0 Å². The molecule has 0 saturated heterocycles. The Morgan fingerprint density at radius 3 is 2.62 bits per heavy atom. The molecule has 0 spiro atoms. The number of nitro benzene ring substituents is 1. The van der Waals surface area contributed by atoms with E-state index in [4.69, 9.17) is 11.6 Å². The van der Waals surface area contributed by atoms with Gasteiger partial charge in [0, 0.05) is 19.2 Å². The second kappa shape index (κ2) is 9.18. The number of nitrogens with zero attached hydrogens (tertiary/aromatic N) is 4. The molecular weight excluding hydrogens is 492 g/mol. The van der Waals surface area contributed by atoms with Crippen LogP contribution in [-0.4, -0.2) is 24.4 Å². The van der Waals surface area contributed by atoms with Crippen LogP contribution in [0.15, 0.2) is 53.3 Å². The van der Waals surface area contributed by atoms with E-state index in [-0.39, 0.29) is 11.2 Å². The van der Waals surface area contributed by atoms with Gasteiger partial charge in [-0.15, -0.1) is 0 Å². The van der Waals surface area contributed by atoms with Crippen molar-refractivity contribution in [2.45, 2.75) is 20.8 Å². The van der Waals surface area contributed by atoms with Crippen LogP contribution in [0.2, 0.25) is 5.02 Å². The minimum atomic E-state index is -0.425. The van der Waals surface area contributed by atoms with Gasteiger partial charge in [-0.25, -0.2) is 9.97 Å². The van der Waals surface area contributed by atoms with Crippen molar-refractivity contribution >= 4 is 62.5 Å². The minimum Gasteiger partial charge on any atom is -0.324 e. The summed E-state index contributed by atoms with van der Waals surface area (Å²) in [5, 5.41) is 15.5. The van der Waals surface area contributed by atoms with Crippen LogP contribution in [0.1, 0.15) is 29.4 Å². The van der Waals surface area contributed by atoms with Crippen molar-refractivity contribution in [3.05, 3.63) is 96.5 Å². The van der Waals surface area contributed by atoms with Gasteiger partial charge in [-0.2, -0.15) is 0 Å². The van der Waals surface area contributed by atoms with E-state index in [9.17, 15) is 14.9 Å². The quantitative estimate of drug-likeness (QED) is 0.210. The number of nitrogens with one attached hydrogen (secondary N) is 2. The summed E-state index contributed by atoms with van der Waals surface area (Å²) in [4.78, 5) is 36.3. The van der Waals surface area contributed by atoms with E-state index >= 15 is 0 Å². The molecule has 0 aliphatic carbocycles. The highest BCUT2D eigenvalue weighted by atomic mass is 35.5. The average Bonchev–Trinajstić information content (AvgIpc) is 3.16. The fourth-order valence-electron chi connectivity index (χ4n) is 4.43.